The maximum Gasteiger partial charge on any atom is 0.256 e. The summed E-state index contributed by atoms with van der Waals surface area (Å²) in [4.78, 5) is 32.4. The van der Waals surface area contributed by atoms with Gasteiger partial charge >= 0.3 is 0 Å². The molecule has 0 unspecified atom stereocenters. The molecule has 2 heterocycles. The highest BCUT2D eigenvalue weighted by Crippen LogP contribution is 2.27. The quantitative estimate of drug-likeness (QED) is 0.439. The highest BCUT2D eigenvalue weighted by molar-refractivity contribution is 6.30. The standard InChI is InChI=1S/C27H22ClN3O3/c28-20-9-5-18(6-10-20)25-17-23(22-3-1-2-4-24(22)30-25)26(32)29-21-11-7-19(8-12-21)27(33)31-13-15-34-16-14-31/h1-12,17H,13-16H2,(H,29,32). The first-order valence-corrected chi connectivity index (χ1v) is 11.4. The zero-order valence-electron chi connectivity index (χ0n) is 18.3. The van der Waals surface area contributed by atoms with E-state index < -0.39 is 0 Å². The number of nitrogens with zero attached hydrogens (tertiary/aromatic N) is 2. The molecule has 0 bridgehead atoms. The van der Waals surface area contributed by atoms with E-state index in [-0.39, 0.29) is 11.8 Å². The Kier molecular flexibility index (Phi) is 6.25. The van der Waals surface area contributed by atoms with Gasteiger partial charge in [-0.1, -0.05) is 41.9 Å². The van der Waals surface area contributed by atoms with Crippen LogP contribution in [0.3, 0.4) is 0 Å². The fourth-order valence-corrected chi connectivity index (χ4v) is 4.10. The van der Waals surface area contributed by atoms with Gasteiger partial charge in [-0.2, -0.15) is 0 Å². The molecule has 6 nitrogen and oxygen atoms in total. The molecular formula is C27H22ClN3O3. The van der Waals surface area contributed by atoms with Crippen LogP contribution in [-0.4, -0.2) is 48.0 Å². The zero-order chi connectivity index (χ0) is 23.5. The Morgan fingerprint density at radius 1 is 0.912 bits per heavy atom. The molecule has 5 rings (SSSR count). The minimum Gasteiger partial charge on any atom is -0.378 e. The fourth-order valence-electron chi connectivity index (χ4n) is 3.98. The lowest BCUT2D eigenvalue weighted by atomic mass is 10.0. The Balaban J connectivity index is 1.41. The van der Waals surface area contributed by atoms with Crippen molar-refractivity contribution in [1.82, 2.24) is 9.88 Å². The molecule has 2 amide bonds. The van der Waals surface area contributed by atoms with E-state index in [0.717, 1.165) is 16.5 Å². The van der Waals surface area contributed by atoms with Crippen molar-refractivity contribution < 1.29 is 14.3 Å². The fraction of sp³-hybridized carbons (Fsp3) is 0.148. The van der Waals surface area contributed by atoms with Crippen LogP contribution in [-0.2, 0) is 4.74 Å². The van der Waals surface area contributed by atoms with Gasteiger partial charge in [0.05, 0.1) is 30.0 Å². The first kappa shape index (κ1) is 22.1. The van der Waals surface area contributed by atoms with Crippen molar-refractivity contribution in [3.05, 3.63) is 95.0 Å². The van der Waals surface area contributed by atoms with Crippen LogP contribution in [0.2, 0.25) is 5.02 Å². The third-order valence-electron chi connectivity index (χ3n) is 5.79. The number of morpholine rings is 1. The van der Waals surface area contributed by atoms with Crippen LogP contribution in [0, 0.1) is 0 Å². The summed E-state index contributed by atoms with van der Waals surface area (Å²) in [7, 11) is 0. The van der Waals surface area contributed by atoms with Crippen molar-refractivity contribution in [2.24, 2.45) is 0 Å². The molecule has 0 spiro atoms. The van der Waals surface area contributed by atoms with Gasteiger partial charge in [-0.25, -0.2) is 4.98 Å². The van der Waals surface area contributed by atoms with Crippen LogP contribution >= 0.6 is 11.6 Å². The van der Waals surface area contributed by atoms with Crippen molar-refractivity contribution in [3.8, 4) is 11.3 Å². The average molecular weight is 472 g/mol. The molecule has 1 aromatic heterocycles. The monoisotopic (exact) mass is 471 g/mol. The lowest BCUT2D eigenvalue weighted by Crippen LogP contribution is -2.40. The van der Waals surface area contributed by atoms with Gasteiger partial charge in [0, 0.05) is 40.3 Å². The number of carbonyl (C=O) groups excluding carboxylic acids is 2. The summed E-state index contributed by atoms with van der Waals surface area (Å²) < 4.78 is 5.31. The highest BCUT2D eigenvalue weighted by atomic mass is 35.5. The van der Waals surface area contributed by atoms with Crippen molar-refractivity contribution in [2.75, 3.05) is 31.6 Å². The molecule has 1 fully saturated rings. The van der Waals surface area contributed by atoms with E-state index in [4.69, 9.17) is 21.3 Å². The Bertz CT molecular complexity index is 1350. The molecule has 0 radical (unpaired) electrons. The third-order valence-corrected chi connectivity index (χ3v) is 6.04. The Morgan fingerprint density at radius 2 is 1.62 bits per heavy atom. The molecule has 170 valence electrons. The Hall–Kier alpha value is -3.74. The second kappa shape index (κ2) is 9.63. The van der Waals surface area contributed by atoms with Crippen LogP contribution in [0.15, 0.2) is 78.9 Å². The topological polar surface area (TPSA) is 71.5 Å². The minimum absolute atomic E-state index is 0.0334. The molecule has 1 aliphatic heterocycles. The number of pyridine rings is 1. The second-order valence-electron chi connectivity index (χ2n) is 8.02. The number of aromatic nitrogens is 1. The molecule has 0 atom stereocenters. The van der Waals surface area contributed by atoms with Crippen molar-refractivity contribution >= 4 is 40.0 Å². The number of halogens is 1. The lowest BCUT2D eigenvalue weighted by Gasteiger charge is -2.26. The van der Waals surface area contributed by atoms with Crippen molar-refractivity contribution in [1.29, 1.82) is 0 Å². The third kappa shape index (κ3) is 4.64. The molecule has 0 saturated carbocycles. The van der Waals surface area contributed by atoms with Gasteiger partial charge in [0.15, 0.2) is 0 Å². The number of ether oxygens (including phenoxy) is 1. The number of amides is 2. The van der Waals surface area contributed by atoms with E-state index in [9.17, 15) is 9.59 Å². The van der Waals surface area contributed by atoms with Gasteiger partial charge in [-0.3, -0.25) is 9.59 Å². The summed E-state index contributed by atoms with van der Waals surface area (Å²) in [5.41, 5.74) is 3.99. The number of benzene rings is 3. The Labute approximate surface area is 202 Å². The van der Waals surface area contributed by atoms with E-state index in [1.54, 1.807) is 47.4 Å². The van der Waals surface area contributed by atoms with Gasteiger partial charge in [0.1, 0.15) is 0 Å². The summed E-state index contributed by atoms with van der Waals surface area (Å²) in [6.45, 7) is 2.28. The van der Waals surface area contributed by atoms with Gasteiger partial charge in [-0.05, 0) is 48.5 Å². The number of hydrogen-bond donors (Lipinski definition) is 1. The largest absolute Gasteiger partial charge is 0.378 e. The predicted molar refractivity (Wildman–Crippen MR) is 133 cm³/mol. The summed E-state index contributed by atoms with van der Waals surface area (Å²) in [5.74, 6) is -0.282. The van der Waals surface area contributed by atoms with E-state index in [1.807, 2.05) is 36.4 Å². The van der Waals surface area contributed by atoms with Gasteiger partial charge in [0.2, 0.25) is 0 Å². The van der Waals surface area contributed by atoms with E-state index in [2.05, 4.69) is 5.32 Å². The van der Waals surface area contributed by atoms with E-state index >= 15 is 0 Å². The SMILES string of the molecule is O=C(Nc1ccc(C(=O)N2CCOCC2)cc1)c1cc(-c2ccc(Cl)cc2)nc2ccccc12. The number of carbonyl (C=O) groups is 2. The number of hydrogen-bond acceptors (Lipinski definition) is 4. The molecule has 0 aliphatic carbocycles. The maximum atomic E-state index is 13.3. The first-order valence-electron chi connectivity index (χ1n) is 11.0. The number of rotatable bonds is 4. The molecule has 1 N–H and O–H groups in total. The van der Waals surface area contributed by atoms with Gasteiger partial charge in [-0.15, -0.1) is 0 Å². The zero-order valence-corrected chi connectivity index (χ0v) is 19.1. The molecule has 34 heavy (non-hydrogen) atoms. The Morgan fingerprint density at radius 3 is 2.35 bits per heavy atom. The van der Waals surface area contributed by atoms with E-state index in [0.29, 0.717) is 53.8 Å². The molecule has 7 heteroatoms. The number of fused-ring (bicyclic) bond motifs is 1. The number of anilines is 1. The number of nitrogens with one attached hydrogen (secondary N) is 1. The predicted octanol–water partition coefficient (Wildman–Crippen LogP) is 5.28. The summed E-state index contributed by atoms with van der Waals surface area (Å²) in [6.07, 6.45) is 0. The highest BCUT2D eigenvalue weighted by Gasteiger charge is 2.19. The van der Waals surface area contributed by atoms with Crippen LogP contribution < -0.4 is 5.32 Å². The van der Waals surface area contributed by atoms with Crippen LogP contribution in [0.1, 0.15) is 20.7 Å². The summed E-state index contributed by atoms with van der Waals surface area (Å²) >= 11 is 6.03. The smallest absolute Gasteiger partial charge is 0.256 e. The van der Waals surface area contributed by atoms with Gasteiger partial charge < -0.3 is 15.0 Å². The number of para-hydroxylation sites is 1. The molecule has 1 saturated heterocycles. The molecule has 4 aromatic rings. The van der Waals surface area contributed by atoms with Crippen LogP contribution in [0.25, 0.3) is 22.2 Å². The van der Waals surface area contributed by atoms with Gasteiger partial charge in [0.25, 0.3) is 11.8 Å². The van der Waals surface area contributed by atoms with Crippen molar-refractivity contribution in [2.45, 2.75) is 0 Å². The minimum atomic E-state index is -0.249. The van der Waals surface area contributed by atoms with Crippen LogP contribution in [0.5, 0.6) is 0 Å². The van der Waals surface area contributed by atoms with Crippen LogP contribution in [0.4, 0.5) is 5.69 Å². The van der Waals surface area contributed by atoms with E-state index in [1.165, 1.54) is 0 Å². The molecule has 1 aliphatic rings. The second-order valence-corrected chi connectivity index (χ2v) is 8.45. The summed E-state index contributed by atoms with van der Waals surface area (Å²) in [5, 5.41) is 4.35. The first-order chi connectivity index (χ1) is 16.6. The maximum absolute atomic E-state index is 13.3. The van der Waals surface area contributed by atoms with Crippen molar-refractivity contribution in [3.63, 3.8) is 0 Å². The summed E-state index contributed by atoms with van der Waals surface area (Å²) in [6, 6.07) is 23.7. The normalized spacial score (nSPS) is 13.6. The average Bonchev–Trinajstić information content (AvgIpc) is 2.89. The molecule has 3 aromatic carbocycles. The molecular weight excluding hydrogens is 450 g/mol. The lowest BCUT2D eigenvalue weighted by molar-refractivity contribution is 0.0303.